The summed E-state index contributed by atoms with van der Waals surface area (Å²) in [6.45, 7) is 8.65. The summed E-state index contributed by atoms with van der Waals surface area (Å²) in [7, 11) is 0. The van der Waals surface area contributed by atoms with Gasteiger partial charge in [0, 0.05) is 28.7 Å². The Morgan fingerprint density at radius 2 is 2.03 bits per heavy atom. The van der Waals surface area contributed by atoms with E-state index in [1.165, 1.54) is 17.5 Å². The number of aliphatic hydroxyl groups is 1. The lowest BCUT2D eigenvalue weighted by molar-refractivity contribution is 0.427. The molecule has 166 valence electrons. The van der Waals surface area contributed by atoms with E-state index in [4.69, 9.17) is 15.7 Å². The van der Waals surface area contributed by atoms with Gasteiger partial charge in [-0.05, 0) is 30.7 Å². The predicted molar refractivity (Wildman–Crippen MR) is 133 cm³/mol. The highest BCUT2D eigenvalue weighted by Crippen LogP contribution is 2.34. The summed E-state index contributed by atoms with van der Waals surface area (Å²) in [6.07, 6.45) is 6.47. The fourth-order valence-corrected chi connectivity index (χ4v) is 4.58. The number of benzene rings is 1. The summed E-state index contributed by atoms with van der Waals surface area (Å²) in [5.41, 5.74) is 9.46. The number of hydrogen-bond acceptors (Lipinski definition) is 7. The number of fused-ring (bicyclic) bond motifs is 1. The molecule has 0 amide bonds. The quantitative estimate of drug-likeness (QED) is 0.414. The molecule has 0 spiro atoms. The Morgan fingerprint density at radius 1 is 1.31 bits per heavy atom. The zero-order valence-electron chi connectivity index (χ0n) is 18.9. The third-order valence-electron chi connectivity index (χ3n) is 5.06. The maximum absolute atomic E-state index is 11.1. The van der Waals surface area contributed by atoms with E-state index in [0.29, 0.717) is 34.4 Å². The molecule has 3 rings (SSSR count). The molecule has 0 atom stereocenters. The van der Waals surface area contributed by atoms with Crippen LogP contribution in [-0.4, -0.2) is 22.5 Å². The van der Waals surface area contributed by atoms with Gasteiger partial charge in [-0.3, -0.25) is 4.99 Å². The molecule has 0 radical (unpaired) electrons. The minimum absolute atomic E-state index is 0.216. The Morgan fingerprint density at radius 3 is 2.62 bits per heavy atom. The molecule has 1 aliphatic rings. The molecule has 1 aromatic carbocycles. The van der Waals surface area contributed by atoms with Crippen LogP contribution < -0.4 is 11.1 Å². The zero-order valence-corrected chi connectivity index (χ0v) is 19.8. The summed E-state index contributed by atoms with van der Waals surface area (Å²) in [6, 6.07) is 10.1. The number of amidine groups is 1. The van der Waals surface area contributed by atoms with Crippen molar-refractivity contribution in [2.24, 2.45) is 10.7 Å². The Kier molecular flexibility index (Phi) is 7.16. The van der Waals surface area contributed by atoms with Crippen molar-refractivity contribution in [1.82, 2.24) is 4.98 Å². The van der Waals surface area contributed by atoms with E-state index in [1.807, 2.05) is 58.0 Å². The average molecular weight is 448 g/mol. The number of aliphatic imine (C=N–C) groups is 1. The highest BCUT2D eigenvalue weighted by molar-refractivity contribution is 7.16. The molecule has 0 fully saturated rings. The number of thiazole rings is 1. The second kappa shape index (κ2) is 9.84. The molecule has 0 saturated heterocycles. The molecule has 1 aromatic heterocycles. The van der Waals surface area contributed by atoms with Crippen LogP contribution in [0.25, 0.3) is 5.57 Å². The smallest absolute Gasteiger partial charge is 0.189 e. The van der Waals surface area contributed by atoms with E-state index >= 15 is 0 Å². The van der Waals surface area contributed by atoms with Gasteiger partial charge < -0.3 is 16.2 Å². The van der Waals surface area contributed by atoms with Gasteiger partial charge in [0.2, 0.25) is 0 Å². The number of aliphatic hydroxyl groups excluding tert-OH is 1. The predicted octanol–water partition coefficient (Wildman–Crippen LogP) is 5.65. The maximum atomic E-state index is 11.1. The Hall–Kier alpha value is -3.37. The second-order valence-electron chi connectivity index (χ2n) is 8.46. The van der Waals surface area contributed by atoms with Gasteiger partial charge in [0.1, 0.15) is 22.5 Å². The molecule has 0 bridgehead atoms. The summed E-state index contributed by atoms with van der Waals surface area (Å²) >= 11 is 1.33. The molecule has 0 saturated carbocycles. The molecular formula is C25H29N5OS. The molecule has 7 heteroatoms. The van der Waals surface area contributed by atoms with Gasteiger partial charge in [-0.15, -0.1) is 0 Å². The molecule has 4 N–H and O–H groups in total. The van der Waals surface area contributed by atoms with Crippen LogP contribution in [0.5, 0.6) is 0 Å². The standard InChI is InChI=1S/C25H29N5OS/c1-5-8-16(11-13-26)21(31)18-12-14-28-23(19-10-7-6-9-17(18)19)30-24-29-22(25(2,3)4)20(15-27)32-24/h6-11,13,31H,5,12,14,26H2,1-4H3,(H,28,29,30)/b13-11-,16-8+,21-18?. The number of allylic oxidation sites excluding steroid dienone is 2. The van der Waals surface area contributed by atoms with E-state index < -0.39 is 0 Å². The fourth-order valence-electron chi connectivity index (χ4n) is 3.61. The molecule has 32 heavy (non-hydrogen) atoms. The summed E-state index contributed by atoms with van der Waals surface area (Å²) in [5.74, 6) is 0.894. The van der Waals surface area contributed by atoms with Gasteiger partial charge in [0.25, 0.3) is 0 Å². The Bertz CT molecular complexity index is 1160. The van der Waals surface area contributed by atoms with E-state index in [1.54, 1.807) is 6.08 Å². The van der Waals surface area contributed by atoms with Gasteiger partial charge in [0.05, 0.1) is 5.69 Å². The van der Waals surface area contributed by atoms with Crippen LogP contribution in [0.4, 0.5) is 5.13 Å². The number of nitriles is 1. The molecule has 0 unspecified atom stereocenters. The van der Waals surface area contributed by atoms with Gasteiger partial charge >= 0.3 is 0 Å². The number of rotatable bonds is 4. The fraction of sp³-hybridized carbons (Fsp3) is 0.320. The molecule has 0 aliphatic carbocycles. The van der Waals surface area contributed by atoms with Crippen molar-refractivity contribution in [3.8, 4) is 6.07 Å². The van der Waals surface area contributed by atoms with Gasteiger partial charge in [0.15, 0.2) is 5.13 Å². The zero-order chi connectivity index (χ0) is 23.3. The highest BCUT2D eigenvalue weighted by atomic mass is 32.1. The van der Waals surface area contributed by atoms with E-state index in [2.05, 4.69) is 11.4 Å². The van der Waals surface area contributed by atoms with Crippen LogP contribution >= 0.6 is 11.3 Å². The molecule has 1 aliphatic heterocycles. The molecule has 6 nitrogen and oxygen atoms in total. The average Bonchev–Trinajstić information content (AvgIpc) is 3.10. The van der Waals surface area contributed by atoms with Crippen molar-refractivity contribution < 1.29 is 5.11 Å². The van der Waals surface area contributed by atoms with Crippen molar-refractivity contribution in [2.45, 2.75) is 46.0 Å². The van der Waals surface area contributed by atoms with E-state index in [0.717, 1.165) is 28.8 Å². The SMILES string of the molecule is CC/C=C(\C=C/N)C(O)=C1CCN=C(Nc2nc(C(C)(C)C)c(C#N)s2)c2ccccc21. The highest BCUT2D eigenvalue weighted by Gasteiger charge is 2.25. The van der Waals surface area contributed by atoms with Crippen LogP contribution in [0.15, 0.2) is 58.9 Å². The number of nitrogens with two attached hydrogens (primary N) is 1. The molecule has 2 aromatic rings. The van der Waals surface area contributed by atoms with Gasteiger partial charge in [-0.1, -0.05) is 69.4 Å². The first-order valence-electron chi connectivity index (χ1n) is 10.6. The van der Waals surface area contributed by atoms with Crippen molar-refractivity contribution in [3.63, 3.8) is 0 Å². The normalized spacial score (nSPS) is 16.2. The largest absolute Gasteiger partial charge is 0.507 e. The van der Waals surface area contributed by atoms with E-state index in [-0.39, 0.29) is 11.2 Å². The second-order valence-corrected chi connectivity index (χ2v) is 9.46. The lowest BCUT2D eigenvalue weighted by Crippen LogP contribution is -2.16. The lowest BCUT2D eigenvalue weighted by Gasteiger charge is -2.15. The van der Waals surface area contributed by atoms with Crippen molar-refractivity contribution in [3.05, 3.63) is 75.6 Å². The Balaban J connectivity index is 2.05. The first-order chi connectivity index (χ1) is 15.3. The molecular weight excluding hydrogens is 418 g/mol. The van der Waals surface area contributed by atoms with Gasteiger partial charge in [-0.2, -0.15) is 5.26 Å². The van der Waals surface area contributed by atoms with Crippen LogP contribution in [0.2, 0.25) is 0 Å². The van der Waals surface area contributed by atoms with Gasteiger partial charge in [-0.25, -0.2) is 4.98 Å². The summed E-state index contributed by atoms with van der Waals surface area (Å²) in [5, 5.41) is 24.6. The van der Waals surface area contributed by atoms with Crippen LogP contribution in [-0.2, 0) is 5.41 Å². The van der Waals surface area contributed by atoms with Crippen molar-refractivity contribution in [1.29, 1.82) is 5.26 Å². The first kappa shape index (κ1) is 23.3. The number of hydrogen-bond donors (Lipinski definition) is 3. The number of aromatic nitrogens is 1. The topological polar surface area (TPSA) is 107 Å². The monoisotopic (exact) mass is 447 g/mol. The molecule has 2 heterocycles. The third kappa shape index (κ3) is 4.92. The van der Waals surface area contributed by atoms with Crippen LogP contribution in [0.3, 0.4) is 0 Å². The van der Waals surface area contributed by atoms with Crippen LogP contribution in [0, 0.1) is 11.3 Å². The van der Waals surface area contributed by atoms with Crippen molar-refractivity contribution >= 4 is 27.9 Å². The first-order valence-corrected chi connectivity index (χ1v) is 11.4. The minimum atomic E-state index is -0.231. The summed E-state index contributed by atoms with van der Waals surface area (Å²) < 4.78 is 0. The van der Waals surface area contributed by atoms with Crippen molar-refractivity contribution in [2.75, 3.05) is 11.9 Å². The third-order valence-corrected chi connectivity index (χ3v) is 5.94. The lowest BCUT2D eigenvalue weighted by atomic mass is 9.91. The van der Waals surface area contributed by atoms with Crippen LogP contribution in [0.1, 0.15) is 62.2 Å². The maximum Gasteiger partial charge on any atom is 0.189 e. The summed E-state index contributed by atoms with van der Waals surface area (Å²) in [4.78, 5) is 10.0. The number of nitrogens with zero attached hydrogens (tertiary/aromatic N) is 3. The minimum Gasteiger partial charge on any atom is -0.507 e. The number of anilines is 1. The Labute approximate surface area is 193 Å². The number of nitrogens with one attached hydrogen (secondary N) is 1. The van der Waals surface area contributed by atoms with E-state index in [9.17, 15) is 10.4 Å².